The van der Waals surface area contributed by atoms with E-state index in [0.717, 1.165) is 5.70 Å². The summed E-state index contributed by atoms with van der Waals surface area (Å²) >= 11 is 0. The predicted octanol–water partition coefficient (Wildman–Crippen LogP) is 1.39. The number of hydrogen-bond acceptors (Lipinski definition) is 1. The number of halogens is 1. The number of rotatable bonds is 1. The third-order valence-electron chi connectivity index (χ3n) is 1.31. The van der Waals surface area contributed by atoms with Crippen LogP contribution in [0.15, 0.2) is 23.9 Å². The smallest absolute Gasteiger partial charge is 0.124 e. The molecule has 50 valence electrons. The van der Waals surface area contributed by atoms with Crippen LogP contribution in [-0.2, 0) is 0 Å². The Balaban J connectivity index is 2.59. The Morgan fingerprint density at radius 2 is 2.56 bits per heavy atom. The lowest BCUT2D eigenvalue weighted by Gasteiger charge is -2.08. The van der Waals surface area contributed by atoms with E-state index in [1.54, 1.807) is 13.1 Å². The molecule has 1 aliphatic carbocycles. The molecule has 1 unspecified atom stereocenters. The first kappa shape index (κ1) is 6.33. The fourth-order valence-electron chi connectivity index (χ4n) is 0.810. The molecular formula is C7H10FN. The molecular weight excluding hydrogens is 117 g/mol. The van der Waals surface area contributed by atoms with Gasteiger partial charge in [-0.3, -0.25) is 0 Å². The monoisotopic (exact) mass is 127 g/mol. The van der Waals surface area contributed by atoms with Gasteiger partial charge in [0.2, 0.25) is 0 Å². The normalized spacial score (nSPS) is 25.6. The molecule has 1 nitrogen and oxygen atoms in total. The van der Waals surface area contributed by atoms with Gasteiger partial charge in [0, 0.05) is 19.2 Å². The van der Waals surface area contributed by atoms with Crippen LogP contribution in [0.1, 0.15) is 6.42 Å². The average Bonchev–Trinajstić information content (AvgIpc) is 1.88. The number of likely N-dealkylation sites (N-methyl/N-ethyl adjacent to an activating group) is 1. The quantitative estimate of drug-likeness (QED) is 0.561. The van der Waals surface area contributed by atoms with Crippen molar-refractivity contribution in [2.75, 3.05) is 7.05 Å². The van der Waals surface area contributed by atoms with Gasteiger partial charge in [0.25, 0.3) is 0 Å². The van der Waals surface area contributed by atoms with Gasteiger partial charge >= 0.3 is 0 Å². The van der Waals surface area contributed by atoms with Crippen molar-refractivity contribution in [2.45, 2.75) is 12.6 Å². The van der Waals surface area contributed by atoms with Crippen LogP contribution in [0.4, 0.5) is 4.39 Å². The van der Waals surface area contributed by atoms with Crippen LogP contribution < -0.4 is 5.32 Å². The minimum atomic E-state index is -0.794. The van der Waals surface area contributed by atoms with Gasteiger partial charge in [0.1, 0.15) is 6.17 Å². The molecule has 0 fully saturated rings. The zero-order valence-corrected chi connectivity index (χ0v) is 5.39. The largest absolute Gasteiger partial charge is 0.388 e. The van der Waals surface area contributed by atoms with Crippen molar-refractivity contribution >= 4 is 0 Å². The first-order valence-corrected chi connectivity index (χ1v) is 3.03. The highest BCUT2D eigenvalue weighted by atomic mass is 19.1. The summed E-state index contributed by atoms with van der Waals surface area (Å²) in [5.41, 5.74) is 0.869. The topological polar surface area (TPSA) is 12.0 Å². The van der Waals surface area contributed by atoms with Gasteiger partial charge < -0.3 is 5.32 Å². The molecule has 0 aromatic heterocycles. The van der Waals surface area contributed by atoms with E-state index in [1.807, 2.05) is 12.2 Å². The van der Waals surface area contributed by atoms with Crippen LogP contribution in [0.25, 0.3) is 0 Å². The van der Waals surface area contributed by atoms with Crippen LogP contribution in [-0.4, -0.2) is 13.2 Å². The van der Waals surface area contributed by atoms with Gasteiger partial charge in [-0.1, -0.05) is 6.08 Å². The molecule has 1 rings (SSSR count). The summed E-state index contributed by atoms with van der Waals surface area (Å²) in [6.07, 6.45) is 5.02. The second kappa shape index (κ2) is 2.67. The van der Waals surface area contributed by atoms with Crippen LogP contribution in [0.3, 0.4) is 0 Å². The molecule has 0 radical (unpaired) electrons. The molecule has 0 amide bonds. The molecule has 1 aliphatic rings. The maximum Gasteiger partial charge on any atom is 0.124 e. The summed E-state index contributed by atoms with van der Waals surface area (Å²) in [5.74, 6) is 0. The zero-order valence-electron chi connectivity index (χ0n) is 5.39. The van der Waals surface area contributed by atoms with Crippen LogP contribution in [0.2, 0.25) is 0 Å². The summed E-state index contributed by atoms with van der Waals surface area (Å²) in [6, 6.07) is 0. The van der Waals surface area contributed by atoms with Gasteiger partial charge in [-0.05, 0) is 12.2 Å². The lowest BCUT2D eigenvalue weighted by molar-refractivity contribution is 0.398. The lowest BCUT2D eigenvalue weighted by atomic mass is 10.1. The number of allylic oxidation sites excluding steroid dienone is 3. The Labute approximate surface area is 54.3 Å². The molecule has 0 saturated carbocycles. The van der Waals surface area contributed by atoms with Crippen molar-refractivity contribution in [1.29, 1.82) is 0 Å². The molecule has 0 heterocycles. The SMILES string of the molecule is CNC1=CC(F)CC=C1. The molecule has 0 bridgehead atoms. The number of nitrogens with one attached hydrogen (secondary N) is 1. The number of alkyl halides is 1. The summed E-state index contributed by atoms with van der Waals surface area (Å²) in [6.45, 7) is 0. The highest BCUT2D eigenvalue weighted by Gasteiger charge is 2.04. The van der Waals surface area contributed by atoms with Gasteiger partial charge in [0.15, 0.2) is 0 Å². The van der Waals surface area contributed by atoms with E-state index in [0.29, 0.717) is 6.42 Å². The molecule has 0 saturated heterocycles. The zero-order chi connectivity index (χ0) is 6.69. The van der Waals surface area contributed by atoms with Crippen molar-refractivity contribution < 1.29 is 4.39 Å². The summed E-state index contributed by atoms with van der Waals surface area (Å²) in [4.78, 5) is 0. The molecule has 1 N–H and O–H groups in total. The van der Waals surface area contributed by atoms with Gasteiger partial charge in [-0.25, -0.2) is 4.39 Å². The summed E-state index contributed by atoms with van der Waals surface area (Å²) < 4.78 is 12.5. The van der Waals surface area contributed by atoms with E-state index in [1.165, 1.54) is 0 Å². The van der Waals surface area contributed by atoms with E-state index >= 15 is 0 Å². The van der Waals surface area contributed by atoms with Crippen molar-refractivity contribution in [2.24, 2.45) is 0 Å². The standard InChI is InChI=1S/C7H10FN/c1-9-7-4-2-3-6(8)5-7/h2,4-6,9H,3H2,1H3. The molecule has 2 heteroatoms. The van der Waals surface area contributed by atoms with Crippen molar-refractivity contribution in [3.63, 3.8) is 0 Å². The molecule has 0 aromatic rings. The third kappa shape index (κ3) is 1.56. The van der Waals surface area contributed by atoms with E-state index in [-0.39, 0.29) is 0 Å². The van der Waals surface area contributed by atoms with E-state index in [4.69, 9.17) is 0 Å². The van der Waals surface area contributed by atoms with Crippen LogP contribution >= 0.6 is 0 Å². The van der Waals surface area contributed by atoms with Crippen LogP contribution in [0.5, 0.6) is 0 Å². The average molecular weight is 127 g/mol. The number of hydrogen-bond donors (Lipinski definition) is 1. The second-order valence-corrected chi connectivity index (χ2v) is 2.03. The minimum absolute atomic E-state index is 0.519. The highest BCUT2D eigenvalue weighted by molar-refractivity contribution is 5.22. The molecule has 0 aromatic carbocycles. The molecule has 0 aliphatic heterocycles. The second-order valence-electron chi connectivity index (χ2n) is 2.03. The fraction of sp³-hybridized carbons (Fsp3) is 0.429. The van der Waals surface area contributed by atoms with E-state index in [9.17, 15) is 4.39 Å². The minimum Gasteiger partial charge on any atom is -0.388 e. The van der Waals surface area contributed by atoms with Crippen molar-refractivity contribution in [3.05, 3.63) is 23.9 Å². The van der Waals surface area contributed by atoms with Gasteiger partial charge in [0.05, 0.1) is 0 Å². The maximum absolute atomic E-state index is 12.5. The Kier molecular flexibility index (Phi) is 1.88. The van der Waals surface area contributed by atoms with Gasteiger partial charge in [-0.2, -0.15) is 0 Å². The maximum atomic E-state index is 12.5. The predicted molar refractivity (Wildman–Crippen MR) is 35.8 cm³/mol. The lowest BCUT2D eigenvalue weighted by Crippen LogP contribution is -2.09. The van der Waals surface area contributed by atoms with E-state index < -0.39 is 6.17 Å². The summed E-state index contributed by atoms with van der Waals surface area (Å²) in [5, 5.41) is 2.87. The Bertz CT molecular complexity index is 149. The van der Waals surface area contributed by atoms with Gasteiger partial charge in [-0.15, -0.1) is 0 Å². The molecule has 0 spiro atoms. The van der Waals surface area contributed by atoms with Crippen molar-refractivity contribution in [3.8, 4) is 0 Å². The molecule has 1 atom stereocenters. The van der Waals surface area contributed by atoms with Crippen molar-refractivity contribution in [1.82, 2.24) is 5.32 Å². The van der Waals surface area contributed by atoms with Crippen LogP contribution in [0, 0.1) is 0 Å². The Morgan fingerprint density at radius 1 is 1.78 bits per heavy atom. The first-order chi connectivity index (χ1) is 4.33. The Hall–Kier alpha value is -0.790. The third-order valence-corrected chi connectivity index (χ3v) is 1.31. The van der Waals surface area contributed by atoms with E-state index in [2.05, 4.69) is 5.32 Å². The summed E-state index contributed by atoms with van der Waals surface area (Å²) in [7, 11) is 1.79. The highest BCUT2D eigenvalue weighted by Crippen LogP contribution is 2.10. The fourth-order valence-corrected chi connectivity index (χ4v) is 0.810. The Morgan fingerprint density at radius 3 is 3.00 bits per heavy atom. The first-order valence-electron chi connectivity index (χ1n) is 3.03. The molecule has 9 heavy (non-hydrogen) atoms.